The second-order valence-corrected chi connectivity index (χ2v) is 4.09. The van der Waals surface area contributed by atoms with E-state index in [-0.39, 0.29) is 5.54 Å². The van der Waals surface area contributed by atoms with Crippen LogP contribution in [0.15, 0.2) is 4.99 Å². The first kappa shape index (κ1) is 11.1. The Balaban J connectivity index is 2.57. The summed E-state index contributed by atoms with van der Waals surface area (Å²) in [6.07, 6.45) is 11.2. The normalized spacial score (nSPS) is 21.4. The summed E-state index contributed by atoms with van der Waals surface area (Å²) < 4.78 is 0. The summed E-state index contributed by atoms with van der Waals surface area (Å²) in [6.45, 7) is 5.11. The van der Waals surface area contributed by atoms with Gasteiger partial charge in [0, 0.05) is 13.0 Å². The van der Waals surface area contributed by atoms with E-state index in [0.29, 0.717) is 0 Å². The van der Waals surface area contributed by atoms with Crippen LogP contribution in [0.5, 0.6) is 0 Å². The van der Waals surface area contributed by atoms with Crippen LogP contribution in [0.25, 0.3) is 0 Å². The molecule has 0 aromatic rings. The first-order chi connectivity index (χ1) is 6.70. The Hall–Kier alpha value is -0.970. The van der Waals surface area contributed by atoms with Crippen molar-refractivity contribution in [2.45, 2.75) is 51.5 Å². The number of nitrogens with zero attached hydrogens (tertiary/aromatic N) is 1. The summed E-state index contributed by atoms with van der Waals surface area (Å²) >= 11 is 0. The minimum atomic E-state index is -0.219. The van der Waals surface area contributed by atoms with Gasteiger partial charge in [0.15, 0.2) is 0 Å². The molecule has 2 heteroatoms. The van der Waals surface area contributed by atoms with E-state index in [1.807, 2.05) is 0 Å². The van der Waals surface area contributed by atoms with Gasteiger partial charge in [-0.25, -0.2) is 0 Å². The number of terminal acetylenes is 1. The van der Waals surface area contributed by atoms with Crippen LogP contribution in [0, 0.1) is 12.3 Å². The average molecular weight is 192 g/mol. The highest BCUT2D eigenvalue weighted by Crippen LogP contribution is 2.11. The monoisotopic (exact) mass is 192 g/mol. The smallest absolute Gasteiger partial charge is 0.0974 e. The average Bonchev–Trinajstić information content (AvgIpc) is 2.46. The number of nitrogens with one attached hydrogen (secondary N) is 1. The zero-order chi connectivity index (χ0) is 10.4. The number of aliphatic imine (C=N–C) groups is 1. The van der Waals surface area contributed by atoms with Gasteiger partial charge in [-0.3, -0.25) is 4.99 Å². The number of amidine groups is 1. The first-order valence-corrected chi connectivity index (χ1v) is 5.49. The Morgan fingerprint density at radius 1 is 1.50 bits per heavy atom. The minimum Gasteiger partial charge on any atom is -0.358 e. The number of hydrogen-bond donors (Lipinski definition) is 1. The Labute approximate surface area is 87.2 Å². The fourth-order valence-electron chi connectivity index (χ4n) is 1.52. The van der Waals surface area contributed by atoms with Crippen LogP contribution < -0.4 is 5.32 Å². The summed E-state index contributed by atoms with van der Waals surface area (Å²) in [4.78, 5) is 4.51. The molecule has 0 spiro atoms. The maximum absolute atomic E-state index is 5.51. The van der Waals surface area contributed by atoms with Crippen molar-refractivity contribution in [3.05, 3.63) is 0 Å². The Bertz CT molecular complexity index is 250. The van der Waals surface area contributed by atoms with Crippen molar-refractivity contribution in [3.63, 3.8) is 0 Å². The van der Waals surface area contributed by atoms with Gasteiger partial charge in [-0.15, -0.1) is 6.42 Å². The van der Waals surface area contributed by atoms with Crippen LogP contribution in [0.1, 0.15) is 46.0 Å². The molecule has 1 rings (SSSR count). The summed E-state index contributed by atoms with van der Waals surface area (Å²) in [5.74, 6) is 3.91. The van der Waals surface area contributed by atoms with Crippen molar-refractivity contribution in [3.8, 4) is 12.3 Å². The van der Waals surface area contributed by atoms with Crippen LogP contribution in [0.3, 0.4) is 0 Å². The van der Waals surface area contributed by atoms with Crippen LogP contribution >= 0.6 is 0 Å². The Morgan fingerprint density at radius 2 is 2.29 bits per heavy atom. The zero-order valence-corrected chi connectivity index (χ0v) is 9.27. The molecule has 0 amide bonds. The predicted molar refractivity (Wildman–Crippen MR) is 61.4 cm³/mol. The fraction of sp³-hybridized carbons (Fsp3) is 0.750. The third-order valence-electron chi connectivity index (χ3n) is 2.82. The Morgan fingerprint density at radius 3 is 2.93 bits per heavy atom. The van der Waals surface area contributed by atoms with E-state index in [2.05, 4.69) is 30.1 Å². The molecule has 0 fully saturated rings. The van der Waals surface area contributed by atoms with Crippen molar-refractivity contribution in [1.29, 1.82) is 0 Å². The Kier molecular flexibility index (Phi) is 4.00. The molecule has 0 aromatic carbocycles. The summed E-state index contributed by atoms with van der Waals surface area (Å²) in [7, 11) is 0. The highest BCUT2D eigenvalue weighted by atomic mass is 15.0. The highest BCUT2D eigenvalue weighted by molar-refractivity contribution is 5.83. The number of rotatable bonds is 2. The lowest BCUT2D eigenvalue weighted by molar-refractivity contribution is 0.516. The van der Waals surface area contributed by atoms with E-state index in [0.717, 1.165) is 25.2 Å². The molecular formula is C12H20N2. The molecule has 0 saturated heterocycles. The van der Waals surface area contributed by atoms with Crippen molar-refractivity contribution in [2.24, 2.45) is 4.99 Å². The molecular weight excluding hydrogens is 172 g/mol. The largest absolute Gasteiger partial charge is 0.358 e. The minimum absolute atomic E-state index is 0.219. The molecule has 0 radical (unpaired) electrons. The molecule has 1 heterocycles. The molecule has 0 aromatic heterocycles. The van der Waals surface area contributed by atoms with Crippen LogP contribution in [-0.4, -0.2) is 17.9 Å². The standard InChI is InChI=1S/C12H20N2/c1-4-12(3,5-2)14-11-9-7-6-8-10-13-11/h1H,5-10H2,2-3H3,(H,13,14). The lowest BCUT2D eigenvalue weighted by Crippen LogP contribution is -2.44. The van der Waals surface area contributed by atoms with Gasteiger partial charge in [-0.1, -0.05) is 19.3 Å². The van der Waals surface area contributed by atoms with Gasteiger partial charge in [0.25, 0.3) is 0 Å². The summed E-state index contributed by atoms with van der Waals surface area (Å²) in [6, 6.07) is 0. The molecule has 0 saturated carbocycles. The van der Waals surface area contributed by atoms with Crippen LogP contribution in [-0.2, 0) is 0 Å². The first-order valence-electron chi connectivity index (χ1n) is 5.49. The zero-order valence-electron chi connectivity index (χ0n) is 9.27. The van der Waals surface area contributed by atoms with Gasteiger partial charge in [0.2, 0.25) is 0 Å². The summed E-state index contributed by atoms with van der Waals surface area (Å²) in [5, 5.41) is 3.39. The quantitative estimate of drug-likeness (QED) is 0.667. The predicted octanol–water partition coefficient (Wildman–Crippen LogP) is 2.35. The molecule has 1 aliphatic rings. The van der Waals surface area contributed by atoms with Gasteiger partial charge in [0.1, 0.15) is 0 Å². The maximum Gasteiger partial charge on any atom is 0.0974 e. The van der Waals surface area contributed by atoms with Gasteiger partial charge >= 0.3 is 0 Å². The van der Waals surface area contributed by atoms with Crippen molar-refractivity contribution < 1.29 is 0 Å². The molecule has 1 N–H and O–H groups in total. The van der Waals surface area contributed by atoms with E-state index in [1.165, 1.54) is 19.3 Å². The SMILES string of the molecule is C#CC(C)(CC)NC1=NCCCCC1. The van der Waals surface area contributed by atoms with Crippen LogP contribution in [0.2, 0.25) is 0 Å². The van der Waals surface area contributed by atoms with Crippen molar-refractivity contribution >= 4 is 5.84 Å². The molecule has 0 bridgehead atoms. The van der Waals surface area contributed by atoms with E-state index in [1.54, 1.807) is 0 Å². The molecule has 0 aliphatic carbocycles. The molecule has 1 unspecified atom stereocenters. The lowest BCUT2D eigenvalue weighted by Gasteiger charge is -2.25. The number of hydrogen-bond acceptors (Lipinski definition) is 2. The van der Waals surface area contributed by atoms with Gasteiger partial charge in [-0.05, 0) is 26.2 Å². The third-order valence-corrected chi connectivity index (χ3v) is 2.82. The van der Waals surface area contributed by atoms with Gasteiger partial charge in [-0.2, -0.15) is 0 Å². The van der Waals surface area contributed by atoms with Gasteiger partial charge < -0.3 is 5.32 Å². The molecule has 78 valence electrons. The van der Waals surface area contributed by atoms with E-state index in [9.17, 15) is 0 Å². The van der Waals surface area contributed by atoms with Crippen molar-refractivity contribution in [2.75, 3.05) is 6.54 Å². The lowest BCUT2D eigenvalue weighted by atomic mass is 10.00. The molecule has 1 atom stereocenters. The maximum atomic E-state index is 5.51. The second kappa shape index (κ2) is 5.05. The molecule has 1 aliphatic heterocycles. The van der Waals surface area contributed by atoms with Crippen molar-refractivity contribution in [1.82, 2.24) is 5.32 Å². The van der Waals surface area contributed by atoms with E-state index >= 15 is 0 Å². The fourth-order valence-corrected chi connectivity index (χ4v) is 1.52. The van der Waals surface area contributed by atoms with Gasteiger partial charge in [0.05, 0.1) is 11.4 Å². The molecule has 14 heavy (non-hydrogen) atoms. The third kappa shape index (κ3) is 3.06. The molecule has 2 nitrogen and oxygen atoms in total. The van der Waals surface area contributed by atoms with Crippen LogP contribution in [0.4, 0.5) is 0 Å². The van der Waals surface area contributed by atoms with E-state index < -0.39 is 0 Å². The summed E-state index contributed by atoms with van der Waals surface area (Å²) in [5.41, 5.74) is -0.219. The second-order valence-electron chi connectivity index (χ2n) is 4.09. The van der Waals surface area contributed by atoms with E-state index in [4.69, 9.17) is 6.42 Å². The topological polar surface area (TPSA) is 24.4 Å². The highest BCUT2D eigenvalue weighted by Gasteiger charge is 2.19.